The second-order valence-electron chi connectivity index (χ2n) is 5.57. The molecule has 1 aromatic carbocycles. The molecule has 1 aliphatic rings. The van der Waals surface area contributed by atoms with Gasteiger partial charge in [0.05, 0.1) is 11.2 Å². The highest BCUT2D eigenvalue weighted by Gasteiger charge is 2.26. The Morgan fingerprint density at radius 3 is 2.81 bits per heavy atom. The monoisotopic (exact) mass is 303 g/mol. The Morgan fingerprint density at radius 1 is 1.29 bits per heavy atom. The van der Waals surface area contributed by atoms with Crippen LogP contribution in [0.5, 0.6) is 0 Å². The molecule has 1 aromatic heterocycles. The van der Waals surface area contributed by atoms with Gasteiger partial charge in [-0.15, -0.1) is 0 Å². The Morgan fingerprint density at radius 2 is 2.10 bits per heavy atom. The molecule has 2 aromatic rings. The number of thioether (sulfide) groups is 1. The summed E-state index contributed by atoms with van der Waals surface area (Å²) in [6, 6.07) is 9.94. The minimum atomic E-state index is -0.126. The van der Waals surface area contributed by atoms with Gasteiger partial charge >= 0.3 is 0 Å². The van der Waals surface area contributed by atoms with Crippen LogP contribution in [0.25, 0.3) is 0 Å². The van der Waals surface area contributed by atoms with Crippen LogP contribution in [0.4, 0.5) is 0 Å². The lowest BCUT2D eigenvalue weighted by Gasteiger charge is -2.18. The van der Waals surface area contributed by atoms with Gasteiger partial charge in [-0.1, -0.05) is 48.8 Å². The minimum absolute atomic E-state index is 0.0160. The molecule has 3 unspecified atom stereocenters. The Bertz CT molecular complexity index is 566. The molecule has 112 valence electrons. The summed E-state index contributed by atoms with van der Waals surface area (Å²) in [4.78, 5) is 4.60. The zero-order valence-electron chi connectivity index (χ0n) is 12.2. The summed E-state index contributed by atoms with van der Waals surface area (Å²) >= 11 is 1.93. The molecule has 2 N–H and O–H groups in total. The van der Waals surface area contributed by atoms with Gasteiger partial charge in [-0.25, -0.2) is 0 Å². The molecule has 2 heterocycles. The summed E-state index contributed by atoms with van der Waals surface area (Å²) in [5, 5.41) is 4.56. The SMILES string of the molecule is CC(c1nc(C2CCCCS2)no1)C(N)c1ccccc1. The van der Waals surface area contributed by atoms with Gasteiger partial charge in [0.1, 0.15) is 0 Å². The fourth-order valence-corrected chi connectivity index (χ4v) is 3.86. The third kappa shape index (κ3) is 3.30. The number of nitrogens with zero attached hydrogens (tertiary/aromatic N) is 2. The van der Waals surface area contributed by atoms with E-state index in [9.17, 15) is 0 Å². The van der Waals surface area contributed by atoms with E-state index in [4.69, 9.17) is 10.3 Å². The largest absolute Gasteiger partial charge is 0.339 e. The van der Waals surface area contributed by atoms with E-state index in [0.717, 1.165) is 17.8 Å². The first-order chi connectivity index (χ1) is 10.3. The molecule has 0 aliphatic carbocycles. The average Bonchev–Trinajstić information content (AvgIpc) is 3.05. The van der Waals surface area contributed by atoms with Gasteiger partial charge < -0.3 is 10.3 Å². The van der Waals surface area contributed by atoms with Crippen LogP contribution < -0.4 is 5.73 Å². The number of nitrogens with two attached hydrogens (primary N) is 1. The zero-order chi connectivity index (χ0) is 14.7. The fourth-order valence-electron chi connectivity index (χ4n) is 2.62. The van der Waals surface area contributed by atoms with Crippen molar-refractivity contribution in [3.8, 4) is 0 Å². The lowest BCUT2D eigenvalue weighted by molar-refractivity contribution is 0.339. The summed E-state index contributed by atoms with van der Waals surface area (Å²) in [6.07, 6.45) is 3.69. The summed E-state index contributed by atoms with van der Waals surface area (Å²) < 4.78 is 5.47. The molecule has 0 spiro atoms. The van der Waals surface area contributed by atoms with Gasteiger partial charge in [-0.3, -0.25) is 0 Å². The molecule has 3 rings (SSSR count). The van der Waals surface area contributed by atoms with E-state index in [-0.39, 0.29) is 12.0 Å². The van der Waals surface area contributed by atoms with Crippen LogP contribution in [0.1, 0.15) is 60.7 Å². The third-order valence-corrected chi connectivity index (χ3v) is 5.41. The molecular formula is C16H21N3OS. The van der Waals surface area contributed by atoms with Crippen LogP contribution in [-0.2, 0) is 0 Å². The van der Waals surface area contributed by atoms with Crippen molar-refractivity contribution in [1.82, 2.24) is 10.1 Å². The van der Waals surface area contributed by atoms with E-state index in [1.165, 1.54) is 18.6 Å². The van der Waals surface area contributed by atoms with Crippen molar-refractivity contribution in [2.24, 2.45) is 5.73 Å². The lowest BCUT2D eigenvalue weighted by atomic mass is 9.95. The second-order valence-corrected chi connectivity index (χ2v) is 6.88. The van der Waals surface area contributed by atoms with Crippen molar-refractivity contribution >= 4 is 11.8 Å². The van der Waals surface area contributed by atoms with E-state index < -0.39 is 0 Å². The van der Waals surface area contributed by atoms with Gasteiger partial charge in [-0.2, -0.15) is 16.7 Å². The molecule has 0 radical (unpaired) electrons. The first-order valence-corrected chi connectivity index (χ1v) is 8.56. The molecule has 0 amide bonds. The van der Waals surface area contributed by atoms with Crippen molar-refractivity contribution < 1.29 is 4.52 Å². The molecule has 0 bridgehead atoms. The second kappa shape index (κ2) is 6.62. The van der Waals surface area contributed by atoms with Crippen molar-refractivity contribution in [2.45, 2.75) is 43.4 Å². The minimum Gasteiger partial charge on any atom is -0.339 e. The van der Waals surface area contributed by atoms with Crippen LogP contribution in [-0.4, -0.2) is 15.9 Å². The van der Waals surface area contributed by atoms with Crippen LogP contribution in [0, 0.1) is 0 Å². The van der Waals surface area contributed by atoms with Crippen molar-refractivity contribution in [1.29, 1.82) is 0 Å². The lowest BCUT2D eigenvalue weighted by Crippen LogP contribution is -2.18. The molecule has 1 fully saturated rings. The standard InChI is InChI=1S/C16H21N3OS/c1-11(14(17)12-7-3-2-4-8-12)16-18-15(19-20-16)13-9-5-6-10-21-13/h2-4,7-8,11,13-14H,5-6,9-10,17H2,1H3. The average molecular weight is 303 g/mol. The highest BCUT2D eigenvalue weighted by molar-refractivity contribution is 7.99. The van der Waals surface area contributed by atoms with Crippen LogP contribution in [0.15, 0.2) is 34.9 Å². The highest BCUT2D eigenvalue weighted by Crippen LogP contribution is 2.37. The maximum absolute atomic E-state index is 6.33. The van der Waals surface area contributed by atoms with Crippen LogP contribution in [0.3, 0.4) is 0 Å². The van der Waals surface area contributed by atoms with Gasteiger partial charge in [-0.05, 0) is 24.2 Å². The molecule has 21 heavy (non-hydrogen) atoms. The molecule has 1 aliphatic heterocycles. The van der Waals surface area contributed by atoms with Crippen LogP contribution in [0.2, 0.25) is 0 Å². The molecule has 1 saturated heterocycles. The molecular weight excluding hydrogens is 282 g/mol. The topological polar surface area (TPSA) is 64.9 Å². The number of aromatic nitrogens is 2. The quantitative estimate of drug-likeness (QED) is 0.930. The fraction of sp³-hybridized carbons (Fsp3) is 0.500. The van der Waals surface area contributed by atoms with Crippen molar-refractivity contribution in [2.75, 3.05) is 5.75 Å². The predicted molar refractivity (Wildman–Crippen MR) is 85.1 cm³/mol. The smallest absolute Gasteiger partial charge is 0.231 e. The normalized spacial score (nSPS) is 21.9. The van der Waals surface area contributed by atoms with Crippen molar-refractivity contribution in [3.63, 3.8) is 0 Å². The van der Waals surface area contributed by atoms with Gasteiger partial charge in [0.25, 0.3) is 0 Å². The van der Waals surface area contributed by atoms with E-state index in [0.29, 0.717) is 11.1 Å². The first kappa shape index (κ1) is 14.6. The van der Waals surface area contributed by atoms with Gasteiger partial charge in [0.2, 0.25) is 5.89 Å². The highest BCUT2D eigenvalue weighted by atomic mass is 32.2. The zero-order valence-corrected chi connectivity index (χ0v) is 13.1. The molecule has 0 saturated carbocycles. The summed E-state index contributed by atoms with van der Waals surface area (Å²) in [5.74, 6) is 2.68. The summed E-state index contributed by atoms with van der Waals surface area (Å²) in [5.41, 5.74) is 7.42. The van der Waals surface area contributed by atoms with E-state index in [1.54, 1.807) is 0 Å². The Balaban J connectivity index is 1.73. The van der Waals surface area contributed by atoms with Gasteiger partial charge in [0.15, 0.2) is 5.82 Å². The summed E-state index contributed by atoms with van der Waals surface area (Å²) in [6.45, 7) is 2.04. The van der Waals surface area contributed by atoms with Gasteiger partial charge in [0, 0.05) is 6.04 Å². The Labute approximate surface area is 129 Å². The number of hydrogen-bond donors (Lipinski definition) is 1. The predicted octanol–water partition coefficient (Wildman–Crippen LogP) is 3.83. The van der Waals surface area contributed by atoms with Crippen molar-refractivity contribution in [3.05, 3.63) is 47.6 Å². The van der Waals surface area contributed by atoms with Crippen LogP contribution >= 0.6 is 11.8 Å². The summed E-state index contributed by atoms with van der Waals surface area (Å²) in [7, 11) is 0. The number of rotatable bonds is 4. The Kier molecular flexibility index (Phi) is 4.60. The maximum Gasteiger partial charge on any atom is 0.231 e. The maximum atomic E-state index is 6.33. The Hall–Kier alpha value is -1.33. The number of hydrogen-bond acceptors (Lipinski definition) is 5. The third-order valence-electron chi connectivity index (χ3n) is 4.04. The molecule has 3 atom stereocenters. The van der Waals surface area contributed by atoms with E-state index in [1.807, 2.05) is 49.0 Å². The van der Waals surface area contributed by atoms with E-state index >= 15 is 0 Å². The van der Waals surface area contributed by atoms with E-state index in [2.05, 4.69) is 10.1 Å². The number of benzene rings is 1. The molecule has 4 nitrogen and oxygen atoms in total. The molecule has 5 heteroatoms. The first-order valence-electron chi connectivity index (χ1n) is 7.51.